The molecule has 0 radical (unpaired) electrons. The molecule has 7 heteroatoms. The van der Waals surface area contributed by atoms with Crippen molar-refractivity contribution in [3.05, 3.63) is 34.9 Å². The second kappa shape index (κ2) is 10.8. The molecule has 0 aromatic heterocycles. The summed E-state index contributed by atoms with van der Waals surface area (Å²) in [6.45, 7) is 10.1. The predicted octanol–water partition coefficient (Wildman–Crippen LogP) is 2.39. The number of likely N-dealkylation sites (N-methyl/N-ethyl adjacent to an activating group) is 1. The average molecular weight is 409 g/mol. The minimum Gasteiger partial charge on any atom is -0.353 e. The first-order chi connectivity index (χ1) is 13.3. The van der Waals surface area contributed by atoms with E-state index in [4.69, 9.17) is 11.6 Å². The molecule has 2 atom stereocenters. The fourth-order valence-corrected chi connectivity index (χ4v) is 3.34. The van der Waals surface area contributed by atoms with Crippen molar-refractivity contribution in [3.63, 3.8) is 0 Å². The topological polar surface area (TPSA) is 55.9 Å². The number of hydrogen-bond acceptors (Lipinski definition) is 4. The molecule has 1 aliphatic heterocycles. The Kier molecular flexibility index (Phi) is 8.73. The number of benzene rings is 1. The van der Waals surface area contributed by atoms with E-state index < -0.39 is 0 Å². The van der Waals surface area contributed by atoms with Crippen molar-refractivity contribution in [2.75, 3.05) is 46.3 Å². The van der Waals surface area contributed by atoms with Gasteiger partial charge in [-0.3, -0.25) is 19.4 Å². The Balaban J connectivity index is 1.76. The number of piperazine rings is 1. The van der Waals surface area contributed by atoms with Crippen LogP contribution in [-0.4, -0.2) is 78.9 Å². The fraction of sp³-hybridized carbons (Fsp3) is 0.619. The molecule has 1 saturated heterocycles. The summed E-state index contributed by atoms with van der Waals surface area (Å²) in [6, 6.07) is 7.82. The minimum atomic E-state index is -0.00435. The number of halogens is 1. The number of carbonyl (C=O) groups excluding carboxylic acids is 2. The first kappa shape index (κ1) is 22.7. The van der Waals surface area contributed by atoms with Gasteiger partial charge in [-0.25, -0.2) is 0 Å². The highest BCUT2D eigenvalue weighted by atomic mass is 35.5. The molecule has 156 valence electrons. The van der Waals surface area contributed by atoms with E-state index in [0.717, 1.165) is 38.2 Å². The Bertz CT molecular complexity index is 644. The summed E-state index contributed by atoms with van der Waals surface area (Å²) in [5, 5.41) is 3.70. The fourth-order valence-electron chi connectivity index (χ4n) is 3.21. The van der Waals surface area contributed by atoms with Crippen LogP contribution < -0.4 is 5.32 Å². The van der Waals surface area contributed by atoms with Crippen molar-refractivity contribution < 1.29 is 9.59 Å². The molecule has 6 nitrogen and oxygen atoms in total. The highest BCUT2D eigenvalue weighted by Crippen LogP contribution is 2.21. The predicted molar refractivity (Wildman–Crippen MR) is 113 cm³/mol. The van der Waals surface area contributed by atoms with Gasteiger partial charge >= 0.3 is 0 Å². The summed E-state index contributed by atoms with van der Waals surface area (Å²) in [4.78, 5) is 30.8. The Morgan fingerprint density at radius 1 is 1.07 bits per heavy atom. The first-order valence-corrected chi connectivity index (χ1v) is 10.4. The van der Waals surface area contributed by atoms with Gasteiger partial charge < -0.3 is 10.2 Å². The number of carbonyl (C=O) groups is 2. The maximum absolute atomic E-state index is 12.7. The molecule has 1 fully saturated rings. The zero-order chi connectivity index (χ0) is 20.7. The molecular weight excluding hydrogens is 376 g/mol. The Morgan fingerprint density at radius 3 is 2.14 bits per heavy atom. The van der Waals surface area contributed by atoms with Crippen LogP contribution in [0.15, 0.2) is 24.3 Å². The highest BCUT2D eigenvalue weighted by molar-refractivity contribution is 6.30. The molecule has 0 bridgehead atoms. The van der Waals surface area contributed by atoms with Gasteiger partial charge in [0, 0.05) is 44.3 Å². The largest absolute Gasteiger partial charge is 0.353 e. The van der Waals surface area contributed by atoms with E-state index in [1.54, 1.807) is 4.90 Å². The van der Waals surface area contributed by atoms with E-state index in [1.165, 1.54) is 0 Å². The SMILES string of the molecule is CCC(C)NC(=O)CN1CCN(CC(=O)N(C)C(C)c2ccc(Cl)cc2)CC1. The van der Waals surface area contributed by atoms with Crippen LogP contribution in [0.25, 0.3) is 0 Å². The van der Waals surface area contributed by atoms with Gasteiger partial charge in [-0.15, -0.1) is 0 Å². The second-order valence-corrected chi connectivity index (χ2v) is 8.10. The van der Waals surface area contributed by atoms with Gasteiger partial charge in [0.15, 0.2) is 0 Å². The van der Waals surface area contributed by atoms with E-state index >= 15 is 0 Å². The molecular formula is C21H33ClN4O2. The summed E-state index contributed by atoms with van der Waals surface area (Å²) in [6.07, 6.45) is 0.934. The van der Waals surface area contributed by atoms with Gasteiger partial charge in [0.2, 0.25) is 11.8 Å². The molecule has 1 aromatic rings. The zero-order valence-electron chi connectivity index (χ0n) is 17.4. The molecule has 2 rings (SSSR count). The Hall–Kier alpha value is -1.63. The molecule has 0 spiro atoms. The van der Waals surface area contributed by atoms with Crippen LogP contribution in [0.1, 0.15) is 38.8 Å². The molecule has 0 saturated carbocycles. The Labute approximate surface area is 173 Å². The number of nitrogens with one attached hydrogen (secondary N) is 1. The smallest absolute Gasteiger partial charge is 0.236 e. The third-order valence-corrected chi connectivity index (χ3v) is 5.79. The molecule has 1 heterocycles. The van der Waals surface area contributed by atoms with Crippen LogP contribution in [0.5, 0.6) is 0 Å². The van der Waals surface area contributed by atoms with Crippen molar-refractivity contribution in [3.8, 4) is 0 Å². The van der Waals surface area contributed by atoms with E-state index in [0.29, 0.717) is 18.1 Å². The summed E-state index contributed by atoms with van der Waals surface area (Å²) < 4.78 is 0. The van der Waals surface area contributed by atoms with E-state index in [9.17, 15) is 9.59 Å². The maximum atomic E-state index is 12.7. The number of nitrogens with zero attached hydrogens (tertiary/aromatic N) is 3. The third kappa shape index (κ3) is 6.76. The first-order valence-electron chi connectivity index (χ1n) is 10.0. The van der Waals surface area contributed by atoms with Gasteiger partial charge in [0.25, 0.3) is 0 Å². The summed E-state index contributed by atoms with van der Waals surface area (Å²) >= 11 is 5.95. The van der Waals surface area contributed by atoms with Gasteiger partial charge in [-0.1, -0.05) is 30.7 Å². The third-order valence-electron chi connectivity index (χ3n) is 5.54. The normalized spacial score (nSPS) is 17.8. The average Bonchev–Trinajstić information content (AvgIpc) is 2.68. The van der Waals surface area contributed by atoms with Crippen LogP contribution in [0.4, 0.5) is 0 Å². The number of rotatable bonds is 8. The van der Waals surface area contributed by atoms with Crippen LogP contribution >= 0.6 is 11.6 Å². The lowest BCUT2D eigenvalue weighted by molar-refractivity contribution is -0.134. The van der Waals surface area contributed by atoms with Crippen LogP contribution in [0, 0.1) is 0 Å². The Morgan fingerprint density at radius 2 is 1.61 bits per heavy atom. The lowest BCUT2D eigenvalue weighted by Crippen LogP contribution is -2.52. The summed E-state index contributed by atoms with van der Waals surface area (Å²) in [7, 11) is 1.84. The molecule has 0 aliphatic carbocycles. The lowest BCUT2D eigenvalue weighted by atomic mass is 10.1. The van der Waals surface area contributed by atoms with Crippen molar-refractivity contribution in [2.24, 2.45) is 0 Å². The quantitative estimate of drug-likeness (QED) is 0.717. The number of hydrogen-bond donors (Lipinski definition) is 1. The van der Waals surface area contributed by atoms with Crippen molar-refractivity contribution >= 4 is 23.4 Å². The monoisotopic (exact) mass is 408 g/mol. The van der Waals surface area contributed by atoms with Gasteiger partial charge in [0.05, 0.1) is 19.1 Å². The summed E-state index contributed by atoms with van der Waals surface area (Å²) in [5.74, 6) is 0.181. The van der Waals surface area contributed by atoms with E-state index in [1.807, 2.05) is 45.2 Å². The molecule has 1 aromatic carbocycles. The second-order valence-electron chi connectivity index (χ2n) is 7.66. The zero-order valence-corrected chi connectivity index (χ0v) is 18.2. The maximum Gasteiger partial charge on any atom is 0.236 e. The van der Waals surface area contributed by atoms with Crippen molar-refractivity contribution in [1.82, 2.24) is 20.0 Å². The van der Waals surface area contributed by atoms with Crippen molar-refractivity contribution in [1.29, 1.82) is 0 Å². The molecule has 2 amide bonds. The van der Waals surface area contributed by atoms with E-state index in [2.05, 4.69) is 22.0 Å². The van der Waals surface area contributed by atoms with Crippen molar-refractivity contribution in [2.45, 2.75) is 39.3 Å². The van der Waals surface area contributed by atoms with Crippen LogP contribution in [0.3, 0.4) is 0 Å². The van der Waals surface area contributed by atoms with Crippen LogP contribution in [0.2, 0.25) is 5.02 Å². The molecule has 1 N–H and O–H groups in total. The number of amides is 2. The minimum absolute atomic E-state index is 0.00435. The summed E-state index contributed by atoms with van der Waals surface area (Å²) in [5.41, 5.74) is 1.07. The highest BCUT2D eigenvalue weighted by Gasteiger charge is 2.24. The standard InChI is InChI=1S/C21H33ClN4O2/c1-5-16(2)23-20(27)14-25-10-12-26(13-11-25)15-21(28)24(4)17(3)18-6-8-19(22)9-7-18/h6-9,16-17H,5,10-15H2,1-4H3,(H,23,27). The molecule has 1 aliphatic rings. The van der Waals surface area contributed by atoms with Crippen LogP contribution in [-0.2, 0) is 9.59 Å². The van der Waals surface area contributed by atoms with Gasteiger partial charge in [-0.2, -0.15) is 0 Å². The van der Waals surface area contributed by atoms with Gasteiger partial charge in [0.1, 0.15) is 0 Å². The lowest BCUT2D eigenvalue weighted by Gasteiger charge is -2.35. The molecule has 2 unspecified atom stereocenters. The van der Waals surface area contributed by atoms with E-state index in [-0.39, 0.29) is 23.9 Å². The molecule has 28 heavy (non-hydrogen) atoms. The van der Waals surface area contributed by atoms with Gasteiger partial charge in [-0.05, 0) is 38.0 Å².